The van der Waals surface area contributed by atoms with Crippen LogP contribution in [0.25, 0.3) is 0 Å². The summed E-state index contributed by atoms with van der Waals surface area (Å²) >= 11 is 0. The highest BCUT2D eigenvalue weighted by molar-refractivity contribution is 5.69. The minimum Gasteiger partial charge on any atom is -1.00 e. The molecule has 5 aliphatic rings. The van der Waals surface area contributed by atoms with Crippen molar-refractivity contribution in [2.75, 3.05) is 89.5 Å². The summed E-state index contributed by atoms with van der Waals surface area (Å²) in [7, 11) is 15.1. The average Bonchev–Trinajstić information content (AvgIpc) is 3.66. The van der Waals surface area contributed by atoms with E-state index in [1.54, 1.807) is 42.7 Å². The van der Waals surface area contributed by atoms with Crippen LogP contribution in [0, 0.1) is 5.92 Å². The number of carbonyl (C=O) groups excluding carboxylic acids is 1. The Morgan fingerprint density at radius 3 is 2.08 bits per heavy atom. The zero-order valence-corrected chi connectivity index (χ0v) is 44.2. The number of piperidine rings is 1. The van der Waals surface area contributed by atoms with Crippen LogP contribution < -0.4 is 76.4 Å². The fraction of sp³-hybridized carbons (Fsp3) is 0.596. The largest absolute Gasteiger partial charge is 1.00 e. The van der Waals surface area contributed by atoms with Gasteiger partial charge < -0.3 is 94.8 Å². The molecule has 0 N–H and O–H groups in total. The maximum absolute atomic E-state index is 13.1. The van der Waals surface area contributed by atoms with Crippen LogP contribution in [0.1, 0.15) is 91.6 Å². The summed E-state index contributed by atoms with van der Waals surface area (Å²) < 4.78 is 48.9. The van der Waals surface area contributed by atoms with E-state index in [2.05, 4.69) is 62.6 Å². The van der Waals surface area contributed by atoms with Gasteiger partial charge in [-0.2, -0.15) is 0 Å². The minimum absolute atomic E-state index is 0. The standard InChI is InChI=1S/C52H72N2O9.2HI/c1-53(26-22-36-33-46(60-7)47(61-8)34-38(36)40(53)30-35-16-19-42(56-3)45(31-35)59-6)25-14-12-10-9-11-13-15-29-62-48(55)23-27-54(2)28-24-52-39-18-21-44(58-5)51(52)63-50-43(57-4)20-17-37(49(50)52)32-41(39)54;;/h16-21,31,33-34,39-41,44,51H,9-15,22-30,32H2,1-8H3;2*1H/q+2;;/p-2/t39?,40-,41-,44+,51-,52+,53?,54?;;/m1../s1. The lowest BCUT2D eigenvalue weighted by molar-refractivity contribution is -0.943. The van der Waals surface area contributed by atoms with Gasteiger partial charge in [-0.1, -0.05) is 50.0 Å². The Balaban J connectivity index is 0.00000350. The normalized spacial score (nSPS) is 27.5. The van der Waals surface area contributed by atoms with Crippen molar-refractivity contribution in [3.05, 3.63) is 82.4 Å². The number of fused-ring (bicyclic) bond motifs is 1. The molecule has 3 aliphatic heterocycles. The van der Waals surface area contributed by atoms with Crippen molar-refractivity contribution in [2.45, 2.75) is 107 Å². The molecule has 3 unspecified atom stereocenters. The topological polar surface area (TPSA) is 90.9 Å². The number of ether oxygens (including phenoxy) is 8. The van der Waals surface area contributed by atoms with Gasteiger partial charge in [0.25, 0.3) is 0 Å². The molecule has 13 heteroatoms. The first-order valence-electron chi connectivity index (χ1n) is 23.4. The monoisotopic (exact) mass is 1120 g/mol. The number of unbranched alkanes of at least 4 members (excludes halogenated alkanes) is 6. The molecule has 8 rings (SSSR count). The van der Waals surface area contributed by atoms with Gasteiger partial charge in [0.2, 0.25) is 0 Å². The molecule has 0 radical (unpaired) electrons. The maximum atomic E-state index is 13.1. The van der Waals surface area contributed by atoms with Gasteiger partial charge >= 0.3 is 5.97 Å². The summed E-state index contributed by atoms with van der Waals surface area (Å²) in [5.74, 6) is 5.04. The van der Waals surface area contributed by atoms with Crippen LogP contribution in [-0.2, 0) is 38.9 Å². The van der Waals surface area contributed by atoms with Gasteiger partial charge in [-0.15, -0.1) is 0 Å². The highest BCUT2D eigenvalue weighted by Gasteiger charge is 2.68. The van der Waals surface area contributed by atoms with Crippen LogP contribution in [0.5, 0.6) is 34.5 Å². The summed E-state index contributed by atoms with van der Waals surface area (Å²) in [5, 5.41) is 0. The Hall–Kier alpha value is -2.99. The third-order valence-corrected chi connectivity index (χ3v) is 15.9. The molecule has 0 amide bonds. The van der Waals surface area contributed by atoms with Crippen LogP contribution in [0.3, 0.4) is 0 Å². The summed E-state index contributed by atoms with van der Waals surface area (Å²) in [5.41, 5.74) is 6.48. The number of quaternary nitrogens is 2. The predicted octanol–water partition coefficient (Wildman–Crippen LogP) is 2.36. The Labute approximate surface area is 422 Å². The molecule has 2 bridgehead atoms. The van der Waals surface area contributed by atoms with Gasteiger partial charge in [-0.3, -0.25) is 4.79 Å². The van der Waals surface area contributed by atoms with E-state index in [4.69, 9.17) is 37.9 Å². The van der Waals surface area contributed by atoms with E-state index >= 15 is 0 Å². The third kappa shape index (κ3) is 9.83. The van der Waals surface area contributed by atoms with E-state index in [0.29, 0.717) is 25.0 Å². The number of hydrogen-bond acceptors (Lipinski definition) is 9. The predicted molar refractivity (Wildman–Crippen MR) is 244 cm³/mol. The lowest BCUT2D eigenvalue weighted by Gasteiger charge is -2.60. The maximum Gasteiger partial charge on any atom is 0.311 e. The minimum atomic E-state index is -0.128. The van der Waals surface area contributed by atoms with Crippen molar-refractivity contribution in [1.82, 2.24) is 0 Å². The molecule has 0 aromatic heterocycles. The number of esters is 1. The van der Waals surface area contributed by atoms with Crippen molar-refractivity contribution in [3.8, 4) is 34.5 Å². The van der Waals surface area contributed by atoms with Gasteiger partial charge in [-0.05, 0) is 66.3 Å². The van der Waals surface area contributed by atoms with E-state index in [0.717, 1.165) is 115 Å². The first kappa shape index (κ1) is 51.4. The number of rotatable bonds is 21. The molecule has 1 spiro atoms. The Kier molecular flexibility index (Phi) is 17.4. The first-order chi connectivity index (χ1) is 30.6. The average molecular weight is 1120 g/mol. The number of carbonyl (C=O) groups is 1. The third-order valence-electron chi connectivity index (χ3n) is 15.9. The molecule has 8 atom stereocenters. The number of likely N-dealkylation sites (tertiary alicyclic amines) is 1. The quantitative estimate of drug-likeness (QED) is 0.0525. The molecule has 2 aliphatic carbocycles. The van der Waals surface area contributed by atoms with Gasteiger partial charge in [-0.25, -0.2) is 0 Å². The fourth-order valence-corrected chi connectivity index (χ4v) is 12.3. The van der Waals surface area contributed by atoms with Crippen molar-refractivity contribution < 1.29 is 99.6 Å². The first-order valence-corrected chi connectivity index (χ1v) is 23.4. The zero-order chi connectivity index (χ0) is 44.4. The highest BCUT2D eigenvalue weighted by Crippen LogP contribution is 2.63. The van der Waals surface area contributed by atoms with E-state index < -0.39 is 0 Å². The van der Waals surface area contributed by atoms with Crippen molar-refractivity contribution in [1.29, 1.82) is 0 Å². The van der Waals surface area contributed by atoms with Crippen LogP contribution in [0.4, 0.5) is 0 Å². The Morgan fingerprint density at radius 2 is 1.37 bits per heavy atom. The lowest BCUT2D eigenvalue weighted by Crippen LogP contribution is -3.00. The molecule has 3 aromatic carbocycles. The van der Waals surface area contributed by atoms with E-state index in [9.17, 15) is 4.79 Å². The van der Waals surface area contributed by atoms with Crippen molar-refractivity contribution in [2.24, 2.45) is 5.92 Å². The van der Waals surface area contributed by atoms with Gasteiger partial charge in [0.05, 0.1) is 94.3 Å². The van der Waals surface area contributed by atoms with Crippen LogP contribution in [0.2, 0.25) is 0 Å². The summed E-state index contributed by atoms with van der Waals surface area (Å²) in [6.07, 6.45) is 16.7. The number of methoxy groups -OCH3 is 6. The zero-order valence-electron chi connectivity index (χ0n) is 39.9. The van der Waals surface area contributed by atoms with E-state index in [-0.39, 0.29) is 77.6 Å². The van der Waals surface area contributed by atoms with Crippen molar-refractivity contribution >= 4 is 5.97 Å². The molecule has 358 valence electrons. The summed E-state index contributed by atoms with van der Waals surface area (Å²) in [6.45, 7) is 4.47. The van der Waals surface area contributed by atoms with Crippen LogP contribution in [-0.4, -0.2) is 123 Å². The van der Waals surface area contributed by atoms with Crippen LogP contribution in [0.15, 0.2) is 54.6 Å². The second-order valence-electron chi connectivity index (χ2n) is 19.2. The Morgan fingerprint density at radius 1 is 0.708 bits per heavy atom. The van der Waals surface area contributed by atoms with E-state index in [1.807, 2.05) is 6.07 Å². The van der Waals surface area contributed by atoms with Gasteiger partial charge in [0.1, 0.15) is 24.3 Å². The lowest BCUT2D eigenvalue weighted by atomic mass is 9.52. The molecule has 0 saturated carbocycles. The Bertz CT molecular complexity index is 2150. The summed E-state index contributed by atoms with van der Waals surface area (Å²) in [4.78, 5) is 13.1. The molecule has 1 fully saturated rings. The molecule has 3 heterocycles. The fourth-order valence-electron chi connectivity index (χ4n) is 12.3. The summed E-state index contributed by atoms with van der Waals surface area (Å²) in [6, 6.07) is 15.6. The molecule has 65 heavy (non-hydrogen) atoms. The smallest absolute Gasteiger partial charge is 0.311 e. The highest BCUT2D eigenvalue weighted by atomic mass is 127. The van der Waals surface area contributed by atoms with Gasteiger partial charge in [0, 0.05) is 49.8 Å². The number of hydrogen-bond donors (Lipinski definition) is 0. The number of halogens is 2. The molecule has 3 aromatic rings. The second kappa shape index (κ2) is 22.0. The number of likely N-dealkylation sites (N-methyl/N-ethyl adjacent to an activating group) is 2. The van der Waals surface area contributed by atoms with Crippen molar-refractivity contribution in [3.63, 3.8) is 0 Å². The van der Waals surface area contributed by atoms with E-state index in [1.165, 1.54) is 53.5 Å². The number of benzene rings is 3. The SMILES string of the molecule is COc1ccc(C[C@@H]2c3cc(OC)c(OC)cc3CC[N+]2(C)CCCCCCCCCOC(=O)CC[N+]2(C)CC[C@]34c5c6ccc(OC)c5O[C@@H]3[C@@H](OC)C=CC4[C@H]2C6)cc1OC.[I-].[I-]. The van der Waals surface area contributed by atoms with Crippen LogP contribution >= 0.6 is 0 Å². The molecular weight excluding hydrogens is 1050 g/mol. The molecular formula is C52H72I2N2O9. The molecule has 11 nitrogen and oxygen atoms in total. The second-order valence-corrected chi connectivity index (χ2v) is 19.2. The molecule has 1 saturated heterocycles. The number of nitrogens with zero attached hydrogens (tertiary/aromatic N) is 2. The van der Waals surface area contributed by atoms with Gasteiger partial charge in [0.15, 0.2) is 34.5 Å².